The predicted octanol–water partition coefficient (Wildman–Crippen LogP) is 3.94. The molecule has 176 valence electrons. The van der Waals surface area contributed by atoms with Gasteiger partial charge in [-0.1, -0.05) is 35.9 Å². The molecule has 4 aromatic rings. The van der Waals surface area contributed by atoms with Crippen molar-refractivity contribution in [3.63, 3.8) is 0 Å². The molecule has 1 aliphatic heterocycles. The summed E-state index contributed by atoms with van der Waals surface area (Å²) in [6, 6.07) is 20.5. The van der Waals surface area contributed by atoms with Crippen molar-refractivity contribution in [3.8, 4) is 17.3 Å². The molecule has 0 atom stereocenters. The zero-order valence-corrected chi connectivity index (χ0v) is 20.4. The monoisotopic (exact) mass is 495 g/mol. The molecule has 0 radical (unpaired) electrons. The second kappa shape index (κ2) is 9.30. The number of benzene rings is 2. The zero-order valence-electron chi connectivity index (χ0n) is 18.7. The average Bonchev–Trinajstić information content (AvgIpc) is 3.49. The lowest BCUT2D eigenvalue weighted by Gasteiger charge is -2.33. The van der Waals surface area contributed by atoms with E-state index in [0.717, 1.165) is 11.3 Å². The summed E-state index contributed by atoms with van der Waals surface area (Å²) in [5.74, 6) is 1.25. The third kappa shape index (κ3) is 4.37. The molecule has 0 bridgehead atoms. The van der Waals surface area contributed by atoms with Gasteiger partial charge in [-0.05, 0) is 55.5 Å². The van der Waals surface area contributed by atoms with Gasteiger partial charge in [-0.25, -0.2) is 13.1 Å². The van der Waals surface area contributed by atoms with Crippen LogP contribution in [0.3, 0.4) is 0 Å². The van der Waals surface area contributed by atoms with E-state index in [1.54, 1.807) is 27.4 Å². The Morgan fingerprint density at radius 1 is 0.941 bits per heavy atom. The van der Waals surface area contributed by atoms with Crippen LogP contribution in [0.2, 0.25) is 0 Å². The molecular weight excluding hydrogens is 470 g/mol. The molecule has 0 aliphatic carbocycles. The lowest BCUT2D eigenvalue weighted by Crippen LogP contribution is -2.48. The third-order valence-corrected chi connectivity index (χ3v) is 8.23. The minimum absolute atomic E-state index is 0.332. The van der Waals surface area contributed by atoms with Gasteiger partial charge in [-0.3, -0.25) is 9.47 Å². The highest BCUT2D eigenvalue weighted by Gasteiger charge is 2.29. The van der Waals surface area contributed by atoms with Crippen LogP contribution in [-0.4, -0.2) is 58.1 Å². The van der Waals surface area contributed by atoms with E-state index in [9.17, 15) is 8.42 Å². The van der Waals surface area contributed by atoms with E-state index >= 15 is 0 Å². The maximum absolute atomic E-state index is 13.0. The second-order valence-electron chi connectivity index (χ2n) is 8.23. The molecule has 34 heavy (non-hydrogen) atoms. The van der Waals surface area contributed by atoms with Crippen molar-refractivity contribution in [2.75, 3.05) is 26.2 Å². The SMILES string of the molecule is Cc1ccc(S(=O)(=O)N2CCN(Cn3nc(-c4ccco4)n(-c4ccccc4)c3=S)CC2)cc1. The Bertz CT molecular complexity index is 1420. The Balaban J connectivity index is 1.35. The van der Waals surface area contributed by atoms with E-state index in [4.69, 9.17) is 21.7 Å². The summed E-state index contributed by atoms with van der Waals surface area (Å²) >= 11 is 5.78. The third-order valence-electron chi connectivity index (χ3n) is 5.92. The van der Waals surface area contributed by atoms with Gasteiger partial charge in [-0.2, -0.15) is 4.31 Å². The molecule has 10 heteroatoms. The molecule has 2 aromatic carbocycles. The van der Waals surface area contributed by atoms with E-state index < -0.39 is 10.0 Å². The zero-order chi connectivity index (χ0) is 23.7. The largest absolute Gasteiger partial charge is 0.461 e. The topological polar surface area (TPSA) is 76.5 Å². The summed E-state index contributed by atoms with van der Waals surface area (Å²) in [5, 5.41) is 4.75. The summed E-state index contributed by atoms with van der Waals surface area (Å²) in [7, 11) is -3.50. The van der Waals surface area contributed by atoms with E-state index in [2.05, 4.69) is 4.90 Å². The predicted molar refractivity (Wildman–Crippen MR) is 132 cm³/mol. The van der Waals surface area contributed by atoms with Crippen LogP contribution in [0, 0.1) is 11.7 Å². The smallest absolute Gasteiger partial charge is 0.243 e. The molecular formula is C24H25N5O3S2. The van der Waals surface area contributed by atoms with Gasteiger partial charge in [0.15, 0.2) is 5.76 Å². The maximum Gasteiger partial charge on any atom is 0.243 e. The molecule has 0 unspecified atom stereocenters. The number of rotatable bonds is 6. The molecule has 1 fully saturated rings. The van der Waals surface area contributed by atoms with Gasteiger partial charge in [0, 0.05) is 26.2 Å². The first-order valence-corrected chi connectivity index (χ1v) is 12.9. The minimum atomic E-state index is -3.50. The number of nitrogens with zero attached hydrogens (tertiary/aromatic N) is 5. The number of para-hydroxylation sites is 1. The highest BCUT2D eigenvalue weighted by Crippen LogP contribution is 2.24. The van der Waals surface area contributed by atoms with Crippen LogP contribution in [-0.2, 0) is 16.7 Å². The lowest BCUT2D eigenvalue weighted by molar-refractivity contribution is 0.144. The number of hydrogen-bond acceptors (Lipinski definition) is 6. The lowest BCUT2D eigenvalue weighted by atomic mass is 10.2. The summed E-state index contributed by atoms with van der Waals surface area (Å²) in [5.41, 5.74) is 1.93. The van der Waals surface area contributed by atoms with Crippen LogP contribution in [0.1, 0.15) is 5.56 Å². The summed E-state index contributed by atoms with van der Waals surface area (Å²) in [6.45, 7) is 4.39. The number of aromatic nitrogens is 3. The summed E-state index contributed by atoms with van der Waals surface area (Å²) in [4.78, 5) is 2.49. The number of hydrogen-bond donors (Lipinski definition) is 0. The van der Waals surface area contributed by atoms with Crippen LogP contribution in [0.15, 0.2) is 82.3 Å². The van der Waals surface area contributed by atoms with Gasteiger partial charge >= 0.3 is 0 Å². The fraction of sp³-hybridized carbons (Fsp3) is 0.250. The van der Waals surface area contributed by atoms with Gasteiger partial charge in [0.1, 0.15) is 0 Å². The Labute approximate surface area is 203 Å². The van der Waals surface area contributed by atoms with Gasteiger partial charge in [0.2, 0.25) is 20.6 Å². The molecule has 0 amide bonds. The van der Waals surface area contributed by atoms with E-state index in [1.165, 1.54) is 0 Å². The Kier molecular flexibility index (Phi) is 6.22. The summed E-state index contributed by atoms with van der Waals surface area (Å²) < 4.78 is 37.4. The minimum Gasteiger partial charge on any atom is -0.461 e. The van der Waals surface area contributed by atoms with Gasteiger partial charge in [0.25, 0.3) is 0 Å². The molecule has 1 aliphatic rings. The highest BCUT2D eigenvalue weighted by molar-refractivity contribution is 7.89. The van der Waals surface area contributed by atoms with Crippen molar-refractivity contribution >= 4 is 22.2 Å². The number of sulfonamides is 1. The Morgan fingerprint density at radius 2 is 1.65 bits per heavy atom. The number of furan rings is 1. The molecule has 3 heterocycles. The van der Waals surface area contributed by atoms with Crippen LogP contribution in [0.5, 0.6) is 0 Å². The van der Waals surface area contributed by atoms with Crippen molar-refractivity contribution in [3.05, 3.63) is 83.3 Å². The highest BCUT2D eigenvalue weighted by atomic mass is 32.2. The first kappa shape index (κ1) is 22.7. The quantitative estimate of drug-likeness (QED) is 0.377. The van der Waals surface area contributed by atoms with Crippen molar-refractivity contribution in [2.45, 2.75) is 18.5 Å². The van der Waals surface area contributed by atoms with Crippen molar-refractivity contribution in [1.29, 1.82) is 0 Å². The van der Waals surface area contributed by atoms with Gasteiger partial charge < -0.3 is 4.42 Å². The second-order valence-corrected chi connectivity index (χ2v) is 10.5. The fourth-order valence-electron chi connectivity index (χ4n) is 4.04. The summed E-state index contributed by atoms with van der Waals surface area (Å²) in [6.07, 6.45) is 1.61. The van der Waals surface area contributed by atoms with E-state index in [0.29, 0.717) is 54.1 Å². The van der Waals surface area contributed by atoms with Gasteiger partial charge in [-0.15, -0.1) is 5.10 Å². The van der Waals surface area contributed by atoms with Crippen molar-refractivity contribution < 1.29 is 12.8 Å². The Hall–Kier alpha value is -3.05. The molecule has 0 saturated carbocycles. The molecule has 0 N–H and O–H groups in total. The van der Waals surface area contributed by atoms with Gasteiger partial charge in [0.05, 0.1) is 23.5 Å². The molecule has 8 nitrogen and oxygen atoms in total. The normalized spacial score (nSPS) is 15.6. The van der Waals surface area contributed by atoms with Crippen LogP contribution in [0.25, 0.3) is 17.3 Å². The van der Waals surface area contributed by atoms with Crippen LogP contribution < -0.4 is 0 Å². The first-order chi connectivity index (χ1) is 16.4. The first-order valence-electron chi connectivity index (χ1n) is 11.0. The van der Waals surface area contributed by atoms with Crippen molar-refractivity contribution in [1.82, 2.24) is 23.6 Å². The van der Waals surface area contributed by atoms with Crippen LogP contribution in [0.4, 0.5) is 0 Å². The van der Waals surface area contributed by atoms with E-state index in [1.807, 2.05) is 66.1 Å². The molecule has 1 saturated heterocycles. The Morgan fingerprint density at radius 3 is 2.29 bits per heavy atom. The average molecular weight is 496 g/mol. The molecule has 2 aromatic heterocycles. The maximum atomic E-state index is 13.0. The van der Waals surface area contributed by atoms with E-state index in [-0.39, 0.29) is 0 Å². The van der Waals surface area contributed by atoms with Crippen LogP contribution >= 0.6 is 12.2 Å². The number of aryl methyl sites for hydroxylation is 1. The molecule has 0 spiro atoms. The van der Waals surface area contributed by atoms with Crippen molar-refractivity contribution in [2.24, 2.45) is 0 Å². The fourth-order valence-corrected chi connectivity index (χ4v) is 5.75. The number of piperazine rings is 1. The standard InChI is InChI=1S/C24H25N5O3S2/c1-19-9-11-21(12-10-19)34(30,31)27-15-13-26(14-16-27)18-28-24(33)29(20-6-3-2-4-7-20)23(25-28)22-8-5-17-32-22/h2-12,17H,13-16,18H2,1H3. The molecule has 5 rings (SSSR count).